The van der Waals surface area contributed by atoms with E-state index in [4.69, 9.17) is 9.84 Å². The Hall–Kier alpha value is -1.35. The first-order valence-corrected chi connectivity index (χ1v) is 4.41. The van der Waals surface area contributed by atoms with E-state index in [0.29, 0.717) is 0 Å². The molecule has 0 saturated heterocycles. The molecule has 3 heteroatoms. The molecular weight excluding hydrogens is 180 g/mol. The van der Waals surface area contributed by atoms with Crippen molar-refractivity contribution < 1.29 is 14.6 Å². The Bertz CT molecular complexity index is 312. The first-order chi connectivity index (χ1) is 6.56. The van der Waals surface area contributed by atoms with Gasteiger partial charge >= 0.3 is 5.97 Å². The number of hydrogen-bond donors (Lipinski definition) is 1. The molecule has 0 aromatic carbocycles. The molecule has 1 aliphatic rings. The third kappa shape index (κ3) is 2.85. The van der Waals surface area contributed by atoms with Crippen molar-refractivity contribution in [2.24, 2.45) is 0 Å². The lowest BCUT2D eigenvalue weighted by Crippen LogP contribution is -2.24. The Labute approximate surface area is 83.4 Å². The number of aliphatic carboxylic acids is 1. The van der Waals surface area contributed by atoms with Crippen LogP contribution < -0.4 is 0 Å². The first-order valence-electron chi connectivity index (χ1n) is 4.41. The molecule has 14 heavy (non-hydrogen) atoms. The minimum absolute atomic E-state index is 0.249. The minimum atomic E-state index is -0.931. The zero-order valence-electron chi connectivity index (χ0n) is 8.36. The Morgan fingerprint density at radius 2 is 2.43 bits per heavy atom. The Morgan fingerprint density at radius 3 is 2.86 bits per heavy atom. The zero-order chi connectivity index (χ0) is 10.6. The fourth-order valence-electron chi connectivity index (χ4n) is 1.17. The second kappa shape index (κ2) is 4.24. The molecule has 1 N–H and O–H groups in total. The molecule has 0 heterocycles. The van der Waals surface area contributed by atoms with Crippen LogP contribution in [0.5, 0.6) is 0 Å². The van der Waals surface area contributed by atoms with Gasteiger partial charge < -0.3 is 9.84 Å². The van der Waals surface area contributed by atoms with E-state index in [2.05, 4.69) is 0 Å². The summed E-state index contributed by atoms with van der Waals surface area (Å²) in [5, 5.41) is 8.43. The Kier molecular flexibility index (Phi) is 3.25. The highest BCUT2D eigenvalue weighted by atomic mass is 16.5. The van der Waals surface area contributed by atoms with E-state index < -0.39 is 5.97 Å². The topological polar surface area (TPSA) is 46.5 Å². The smallest absolute Gasteiger partial charge is 0.328 e. The normalized spacial score (nSPS) is 26.6. The molecule has 0 fully saturated rings. The molecule has 0 radical (unpaired) electrons. The van der Waals surface area contributed by atoms with Gasteiger partial charge in [-0.05, 0) is 25.0 Å². The second-order valence-corrected chi connectivity index (χ2v) is 3.43. The monoisotopic (exact) mass is 194 g/mol. The lowest BCUT2D eigenvalue weighted by molar-refractivity contribution is -0.131. The Morgan fingerprint density at radius 1 is 1.71 bits per heavy atom. The molecular formula is C11H14O3. The predicted molar refractivity (Wildman–Crippen MR) is 54.0 cm³/mol. The van der Waals surface area contributed by atoms with Crippen molar-refractivity contribution in [3.8, 4) is 0 Å². The SMILES string of the molecule is COC1(C)C=CC(C=CC(=O)O)=CC1. The molecule has 1 aliphatic carbocycles. The van der Waals surface area contributed by atoms with Gasteiger partial charge in [-0.2, -0.15) is 0 Å². The van der Waals surface area contributed by atoms with Gasteiger partial charge in [0.05, 0.1) is 5.60 Å². The fourth-order valence-corrected chi connectivity index (χ4v) is 1.17. The summed E-state index contributed by atoms with van der Waals surface area (Å²) in [6.45, 7) is 1.98. The summed E-state index contributed by atoms with van der Waals surface area (Å²) in [5.74, 6) is -0.931. The maximum Gasteiger partial charge on any atom is 0.328 e. The number of carboxylic acid groups (broad SMARTS) is 1. The number of allylic oxidation sites excluding steroid dienone is 3. The zero-order valence-corrected chi connectivity index (χ0v) is 8.36. The van der Waals surface area contributed by atoms with Gasteiger partial charge in [0, 0.05) is 13.2 Å². The van der Waals surface area contributed by atoms with Crippen LogP contribution in [0.4, 0.5) is 0 Å². The van der Waals surface area contributed by atoms with Gasteiger partial charge in [-0.1, -0.05) is 18.2 Å². The molecule has 0 aromatic heterocycles. The van der Waals surface area contributed by atoms with Crippen molar-refractivity contribution in [3.63, 3.8) is 0 Å². The quantitative estimate of drug-likeness (QED) is 0.698. The maximum atomic E-state index is 10.3. The van der Waals surface area contributed by atoms with E-state index in [0.717, 1.165) is 18.1 Å². The van der Waals surface area contributed by atoms with E-state index in [1.54, 1.807) is 13.2 Å². The van der Waals surface area contributed by atoms with Gasteiger partial charge in [0.1, 0.15) is 0 Å². The van der Waals surface area contributed by atoms with Crippen LogP contribution >= 0.6 is 0 Å². The van der Waals surface area contributed by atoms with Crippen LogP contribution in [0.2, 0.25) is 0 Å². The number of hydrogen-bond acceptors (Lipinski definition) is 2. The lowest BCUT2D eigenvalue weighted by Gasteiger charge is -2.25. The summed E-state index contributed by atoms with van der Waals surface area (Å²) in [7, 11) is 1.66. The third-order valence-electron chi connectivity index (χ3n) is 2.26. The largest absolute Gasteiger partial charge is 0.478 e. The molecule has 0 spiro atoms. The maximum absolute atomic E-state index is 10.3. The van der Waals surface area contributed by atoms with E-state index in [1.165, 1.54) is 0 Å². The van der Waals surface area contributed by atoms with Crippen molar-refractivity contribution in [2.75, 3.05) is 7.11 Å². The summed E-state index contributed by atoms with van der Waals surface area (Å²) in [4.78, 5) is 10.3. The highest BCUT2D eigenvalue weighted by Crippen LogP contribution is 2.23. The molecule has 76 valence electrons. The van der Waals surface area contributed by atoms with Crippen molar-refractivity contribution in [1.82, 2.24) is 0 Å². The molecule has 1 rings (SSSR count). The molecule has 0 saturated carbocycles. The number of carboxylic acids is 1. The van der Waals surface area contributed by atoms with E-state index in [9.17, 15) is 4.79 Å². The van der Waals surface area contributed by atoms with Gasteiger partial charge in [-0.15, -0.1) is 0 Å². The van der Waals surface area contributed by atoms with E-state index >= 15 is 0 Å². The minimum Gasteiger partial charge on any atom is -0.478 e. The molecule has 0 bridgehead atoms. The summed E-state index contributed by atoms with van der Waals surface area (Å²) < 4.78 is 5.28. The number of rotatable bonds is 3. The summed E-state index contributed by atoms with van der Waals surface area (Å²) in [5.41, 5.74) is 0.655. The predicted octanol–water partition coefficient (Wildman–Crippen LogP) is 1.92. The standard InChI is InChI=1S/C11H14O3/c1-11(14-2)7-5-9(6-8-11)3-4-10(12)13/h3-7H,8H2,1-2H3,(H,12,13). The molecule has 1 atom stereocenters. The van der Waals surface area contributed by atoms with E-state index in [1.807, 2.05) is 25.2 Å². The van der Waals surface area contributed by atoms with Crippen LogP contribution in [0.3, 0.4) is 0 Å². The van der Waals surface area contributed by atoms with Crippen LogP contribution in [0, 0.1) is 0 Å². The molecule has 0 aromatic rings. The second-order valence-electron chi connectivity index (χ2n) is 3.43. The molecule has 3 nitrogen and oxygen atoms in total. The highest BCUT2D eigenvalue weighted by molar-refractivity contribution is 5.80. The fraction of sp³-hybridized carbons (Fsp3) is 0.364. The lowest BCUT2D eigenvalue weighted by atomic mass is 9.94. The summed E-state index contributed by atoms with van der Waals surface area (Å²) >= 11 is 0. The summed E-state index contributed by atoms with van der Waals surface area (Å²) in [6, 6.07) is 0. The van der Waals surface area contributed by atoms with Gasteiger partial charge in [0.25, 0.3) is 0 Å². The van der Waals surface area contributed by atoms with Gasteiger partial charge in [-0.3, -0.25) is 0 Å². The average Bonchev–Trinajstić information content (AvgIpc) is 2.17. The summed E-state index contributed by atoms with van der Waals surface area (Å²) in [6.07, 6.45) is 9.24. The van der Waals surface area contributed by atoms with Crippen LogP contribution in [-0.4, -0.2) is 23.8 Å². The van der Waals surface area contributed by atoms with Gasteiger partial charge in [0.2, 0.25) is 0 Å². The van der Waals surface area contributed by atoms with Crippen LogP contribution in [0.25, 0.3) is 0 Å². The average molecular weight is 194 g/mol. The molecule has 1 unspecified atom stereocenters. The van der Waals surface area contributed by atoms with Crippen molar-refractivity contribution in [3.05, 3.63) is 36.0 Å². The number of methoxy groups -OCH3 is 1. The van der Waals surface area contributed by atoms with Crippen molar-refractivity contribution in [2.45, 2.75) is 18.9 Å². The highest BCUT2D eigenvalue weighted by Gasteiger charge is 2.20. The molecule has 0 aliphatic heterocycles. The van der Waals surface area contributed by atoms with E-state index in [-0.39, 0.29) is 5.60 Å². The Balaban J connectivity index is 2.64. The first kappa shape index (κ1) is 10.7. The number of carbonyl (C=O) groups is 1. The third-order valence-corrected chi connectivity index (χ3v) is 2.26. The number of ether oxygens (including phenoxy) is 1. The van der Waals surface area contributed by atoms with Crippen LogP contribution in [-0.2, 0) is 9.53 Å². The van der Waals surface area contributed by atoms with Gasteiger partial charge in [0.15, 0.2) is 0 Å². The van der Waals surface area contributed by atoms with Crippen molar-refractivity contribution in [1.29, 1.82) is 0 Å². The van der Waals surface area contributed by atoms with Crippen LogP contribution in [0.15, 0.2) is 36.0 Å². The van der Waals surface area contributed by atoms with Crippen LogP contribution in [0.1, 0.15) is 13.3 Å². The van der Waals surface area contributed by atoms with Crippen molar-refractivity contribution >= 4 is 5.97 Å². The molecule has 0 amide bonds. The van der Waals surface area contributed by atoms with Gasteiger partial charge in [-0.25, -0.2) is 4.79 Å².